The van der Waals surface area contributed by atoms with Gasteiger partial charge in [0.2, 0.25) is 0 Å². The standard InChI is InChI=1S/C26H30/c1-2-4-19-7-9-22(10-8-19)24-6-3-5-23-15-21(16-25(23)24)18-26-13-11-20(17-26)12-14-26/h3,5-10,16,20H,2,4,11-15,17-18H2,1H3. The first kappa shape index (κ1) is 16.4. The Balaban J connectivity index is 1.42. The Morgan fingerprint density at radius 1 is 1.00 bits per heavy atom. The number of aryl methyl sites for hydroxylation is 1. The second-order valence-electron chi connectivity index (χ2n) is 9.13. The van der Waals surface area contributed by atoms with Gasteiger partial charge in [0.25, 0.3) is 0 Å². The second kappa shape index (κ2) is 6.41. The molecular weight excluding hydrogens is 312 g/mol. The molecule has 2 bridgehead atoms. The van der Waals surface area contributed by atoms with Gasteiger partial charge in [0, 0.05) is 0 Å². The summed E-state index contributed by atoms with van der Waals surface area (Å²) < 4.78 is 0. The van der Waals surface area contributed by atoms with Crippen LogP contribution in [0.25, 0.3) is 17.2 Å². The molecule has 0 atom stereocenters. The van der Waals surface area contributed by atoms with E-state index in [1.54, 1.807) is 11.1 Å². The highest BCUT2D eigenvalue weighted by molar-refractivity contribution is 5.80. The summed E-state index contributed by atoms with van der Waals surface area (Å²) in [5, 5.41) is 0. The van der Waals surface area contributed by atoms with Gasteiger partial charge in [0.1, 0.15) is 0 Å². The molecule has 0 heterocycles. The largest absolute Gasteiger partial charge is 0.0651 e. The van der Waals surface area contributed by atoms with Crippen LogP contribution in [0.2, 0.25) is 0 Å². The number of hydrogen-bond donors (Lipinski definition) is 0. The molecule has 0 amide bonds. The van der Waals surface area contributed by atoms with Crippen LogP contribution < -0.4 is 0 Å². The molecule has 3 aliphatic rings. The van der Waals surface area contributed by atoms with Crippen LogP contribution in [-0.2, 0) is 12.8 Å². The average molecular weight is 343 g/mol. The van der Waals surface area contributed by atoms with Crippen molar-refractivity contribution in [3.8, 4) is 11.1 Å². The number of fused-ring (bicyclic) bond motifs is 3. The molecule has 3 aliphatic carbocycles. The van der Waals surface area contributed by atoms with Gasteiger partial charge in [-0.3, -0.25) is 0 Å². The quantitative estimate of drug-likeness (QED) is 0.538. The van der Waals surface area contributed by atoms with Gasteiger partial charge in [0.15, 0.2) is 0 Å². The van der Waals surface area contributed by atoms with E-state index in [2.05, 4.69) is 55.5 Å². The van der Waals surface area contributed by atoms with Crippen molar-refractivity contribution in [1.29, 1.82) is 0 Å². The van der Waals surface area contributed by atoms with Gasteiger partial charge in [-0.1, -0.05) is 67.5 Å². The lowest BCUT2D eigenvalue weighted by atomic mass is 9.78. The maximum absolute atomic E-state index is 2.55. The molecule has 0 nitrogen and oxygen atoms in total. The Labute approximate surface area is 158 Å². The van der Waals surface area contributed by atoms with E-state index in [9.17, 15) is 0 Å². The van der Waals surface area contributed by atoms with E-state index < -0.39 is 0 Å². The third-order valence-corrected chi connectivity index (χ3v) is 7.26. The predicted molar refractivity (Wildman–Crippen MR) is 111 cm³/mol. The maximum Gasteiger partial charge on any atom is -0.00574 e. The van der Waals surface area contributed by atoms with E-state index >= 15 is 0 Å². The van der Waals surface area contributed by atoms with Crippen molar-refractivity contribution in [3.63, 3.8) is 0 Å². The van der Waals surface area contributed by atoms with Crippen LogP contribution in [-0.4, -0.2) is 0 Å². The van der Waals surface area contributed by atoms with Crippen molar-refractivity contribution in [2.45, 2.75) is 64.7 Å². The lowest BCUT2D eigenvalue weighted by molar-refractivity contribution is 0.291. The summed E-state index contributed by atoms with van der Waals surface area (Å²) in [5.74, 6) is 1.05. The van der Waals surface area contributed by atoms with Crippen molar-refractivity contribution in [3.05, 3.63) is 64.7 Å². The molecule has 0 aliphatic heterocycles. The Hall–Kier alpha value is -1.82. The highest BCUT2D eigenvalue weighted by Gasteiger charge is 2.45. The number of allylic oxidation sites excluding steroid dienone is 1. The van der Waals surface area contributed by atoms with Crippen molar-refractivity contribution in [2.75, 3.05) is 0 Å². The summed E-state index contributed by atoms with van der Waals surface area (Å²) in [4.78, 5) is 0. The number of rotatable bonds is 5. The van der Waals surface area contributed by atoms with Gasteiger partial charge in [-0.2, -0.15) is 0 Å². The smallest absolute Gasteiger partial charge is 0.00574 e. The molecule has 2 aromatic carbocycles. The lowest BCUT2D eigenvalue weighted by Crippen LogP contribution is -2.14. The van der Waals surface area contributed by atoms with Crippen molar-refractivity contribution in [2.24, 2.45) is 11.3 Å². The van der Waals surface area contributed by atoms with Gasteiger partial charge in [-0.15, -0.1) is 0 Å². The van der Waals surface area contributed by atoms with Gasteiger partial charge >= 0.3 is 0 Å². The number of hydrogen-bond acceptors (Lipinski definition) is 0. The molecule has 0 unspecified atom stereocenters. The van der Waals surface area contributed by atoms with E-state index in [0.29, 0.717) is 5.41 Å². The zero-order valence-corrected chi connectivity index (χ0v) is 16.1. The monoisotopic (exact) mass is 342 g/mol. The van der Waals surface area contributed by atoms with E-state index in [4.69, 9.17) is 0 Å². The van der Waals surface area contributed by atoms with Crippen LogP contribution in [0.15, 0.2) is 48.0 Å². The van der Waals surface area contributed by atoms with E-state index in [-0.39, 0.29) is 0 Å². The van der Waals surface area contributed by atoms with E-state index in [1.165, 1.54) is 80.0 Å². The van der Waals surface area contributed by atoms with Crippen LogP contribution in [0.5, 0.6) is 0 Å². The van der Waals surface area contributed by atoms with Gasteiger partial charge in [0.05, 0.1) is 0 Å². The normalized spacial score (nSPS) is 26.2. The van der Waals surface area contributed by atoms with Crippen LogP contribution in [0.1, 0.15) is 68.6 Å². The molecule has 0 heteroatoms. The molecule has 0 aromatic heterocycles. The van der Waals surface area contributed by atoms with E-state index in [1.807, 2.05) is 0 Å². The molecule has 26 heavy (non-hydrogen) atoms. The number of benzene rings is 2. The topological polar surface area (TPSA) is 0 Å². The minimum absolute atomic E-state index is 0.667. The molecule has 0 saturated heterocycles. The SMILES string of the molecule is CCCc1ccc(-c2cccc3c2C=C(CC24CCC(CC2)C4)C3)cc1. The highest BCUT2D eigenvalue weighted by Crippen LogP contribution is 2.57. The van der Waals surface area contributed by atoms with Gasteiger partial charge < -0.3 is 0 Å². The van der Waals surface area contributed by atoms with Crippen LogP contribution in [0.4, 0.5) is 0 Å². The first-order valence-electron chi connectivity index (χ1n) is 10.7. The summed E-state index contributed by atoms with van der Waals surface area (Å²) in [7, 11) is 0. The molecule has 5 rings (SSSR count). The molecule has 0 spiro atoms. The lowest BCUT2D eigenvalue weighted by Gasteiger charge is -2.27. The van der Waals surface area contributed by atoms with Gasteiger partial charge in [-0.25, -0.2) is 0 Å². The average Bonchev–Trinajstić information content (AvgIpc) is 3.36. The fourth-order valence-corrected chi connectivity index (χ4v) is 5.98. The van der Waals surface area contributed by atoms with Crippen LogP contribution >= 0.6 is 0 Å². The first-order chi connectivity index (χ1) is 12.7. The Morgan fingerprint density at radius 2 is 1.81 bits per heavy atom. The molecule has 2 aromatic rings. The van der Waals surface area contributed by atoms with Crippen LogP contribution in [0, 0.1) is 11.3 Å². The third kappa shape index (κ3) is 2.84. The summed E-state index contributed by atoms with van der Waals surface area (Å²) in [5.41, 5.74) is 9.65. The third-order valence-electron chi connectivity index (χ3n) is 7.26. The molecule has 2 saturated carbocycles. The highest BCUT2D eigenvalue weighted by atomic mass is 14.5. The van der Waals surface area contributed by atoms with Crippen molar-refractivity contribution < 1.29 is 0 Å². The zero-order valence-electron chi connectivity index (χ0n) is 16.1. The molecule has 2 fully saturated rings. The second-order valence-corrected chi connectivity index (χ2v) is 9.13. The summed E-state index contributed by atoms with van der Waals surface area (Å²) in [6.07, 6.45) is 14.9. The van der Waals surface area contributed by atoms with Crippen molar-refractivity contribution in [1.82, 2.24) is 0 Å². The fourth-order valence-electron chi connectivity index (χ4n) is 5.98. The van der Waals surface area contributed by atoms with Gasteiger partial charge in [-0.05, 0) is 90.5 Å². The predicted octanol–water partition coefficient (Wildman–Crippen LogP) is 7.22. The Bertz CT molecular complexity index is 829. The van der Waals surface area contributed by atoms with Crippen LogP contribution in [0.3, 0.4) is 0 Å². The maximum atomic E-state index is 2.55. The fraction of sp³-hybridized carbons (Fsp3) is 0.462. The zero-order chi connectivity index (χ0) is 17.6. The molecule has 0 radical (unpaired) electrons. The minimum Gasteiger partial charge on any atom is -0.0651 e. The minimum atomic E-state index is 0.667. The Morgan fingerprint density at radius 3 is 2.50 bits per heavy atom. The summed E-state index contributed by atoms with van der Waals surface area (Å²) >= 11 is 0. The summed E-state index contributed by atoms with van der Waals surface area (Å²) in [6, 6.07) is 16.2. The molecular formula is C26H30. The Kier molecular flexibility index (Phi) is 4.03. The van der Waals surface area contributed by atoms with E-state index in [0.717, 1.165) is 5.92 Å². The first-order valence-corrected chi connectivity index (χ1v) is 10.7. The molecule has 0 N–H and O–H groups in total. The van der Waals surface area contributed by atoms with Crippen molar-refractivity contribution >= 4 is 6.08 Å². The summed E-state index contributed by atoms with van der Waals surface area (Å²) in [6.45, 7) is 2.25. The molecule has 134 valence electrons.